The van der Waals surface area contributed by atoms with Gasteiger partial charge in [0, 0.05) is 12.1 Å². The first-order chi connectivity index (χ1) is 8.93. The van der Waals surface area contributed by atoms with Crippen LogP contribution in [0.5, 0.6) is 0 Å². The van der Waals surface area contributed by atoms with Crippen molar-refractivity contribution in [2.24, 2.45) is 0 Å². The summed E-state index contributed by atoms with van der Waals surface area (Å²) in [7, 11) is 0. The zero-order valence-corrected chi connectivity index (χ0v) is 10.9. The molecule has 1 aromatic heterocycles. The molecule has 0 saturated heterocycles. The number of nitrogens with zero attached hydrogens (tertiary/aromatic N) is 2. The molecule has 0 bridgehead atoms. The van der Waals surface area contributed by atoms with Crippen molar-refractivity contribution >= 4 is 17.5 Å². The minimum atomic E-state index is -0.884. The molecule has 2 N–H and O–H groups in total. The van der Waals surface area contributed by atoms with Crippen molar-refractivity contribution < 1.29 is 14.8 Å². The quantitative estimate of drug-likeness (QED) is 0.580. The second-order valence-corrected chi connectivity index (χ2v) is 4.34. The maximum absolute atomic E-state index is 10.8. The van der Waals surface area contributed by atoms with Crippen LogP contribution in [0.2, 0.25) is 0 Å². The van der Waals surface area contributed by atoms with Gasteiger partial charge in [-0.15, -0.1) is 0 Å². The van der Waals surface area contributed by atoms with Crippen LogP contribution in [0.3, 0.4) is 0 Å². The number of carbonyl (C=O) groups is 1. The van der Waals surface area contributed by atoms with Crippen LogP contribution in [0.1, 0.15) is 31.7 Å². The fourth-order valence-electron chi connectivity index (χ4n) is 1.79. The smallest absolute Gasteiger partial charge is 0.305 e. The minimum Gasteiger partial charge on any atom is -0.481 e. The average Bonchev–Trinajstić information content (AvgIpc) is 2.31. The molecule has 19 heavy (non-hydrogen) atoms. The van der Waals surface area contributed by atoms with Crippen LogP contribution < -0.4 is 5.32 Å². The van der Waals surface area contributed by atoms with E-state index in [1.165, 1.54) is 12.3 Å². The van der Waals surface area contributed by atoms with E-state index in [-0.39, 0.29) is 18.2 Å². The van der Waals surface area contributed by atoms with Gasteiger partial charge in [-0.05, 0) is 18.9 Å². The molecule has 7 heteroatoms. The molecular formula is C12H17N3O4. The summed E-state index contributed by atoms with van der Waals surface area (Å²) in [6.07, 6.45) is 2.70. The molecule has 0 radical (unpaired) electrons. The fourth-order valence-corrected chi connectivity index (χ4v) is 1.79. The lowest BCUT2D eigenvalue weighted by Gasteiger charge is -2.17. The summed E-state index contributed by atoms with van der Waals surface area (Å²) in [5.74, 6) is -0.393. The predicted octanol–water partition coefficient (Wildman–Crippen LogP) is 2.35. The highest BCUT2D eigenvalue weighted by molar-refractivity contribution is 5.68. The minimum absolute atomic E-state index is 0.00799. The monoisotopic (exact) mass is 267 g/mol. The van der Waals surface area contributed by atoms with E-state index in [0.717, 1.165) is 6.42 Å². The number of nitrogens with one attached hydrogen (secondary N) is 1. The number of nitro groups is 1. The van der Waals surface area contributed by atoms with E-state index < -0.39 is 10.9 Å². The van der Waals surface area contributed by atoms with E-state index in [1.54, 1.807) is 6.92 Å². The third-order valence-corrected chi connectivity index (χ3v) is 2.67. The van der Waals surface area contributed by atoms with Gasteiger partial charge in [-0.2, -0.15) is 0 Å². The molecule has 1 atom stereocenters. The molecule has 1 aromatic rings. The van der Waals surface area contributed by atoms with Crippen molar-refractivity contribution in [2.45, 2.75) is 39.2 Å². The Balaban J connectivity index is 2.84. The first-order valence-corrected chi connectivity index (χ1v) is 6.03. The first kappa shape index (κ1) is 14.9. The van der Waals surface area contributed by atoms with E-state index in [9.17, 15) is 14.9 Å². The van der Waals surface area contributed by atoms with Gasteiger partial charge in [0.05, 0.1) is 11.3 Å². The van der Waals surface area contributed by atoms with Gasteiger partial charge in [-0.25, -0.2) is 4.98 Å². The average molecular weight is 267 g/mol. The van der Waals surface area contributed by atoms with Gasteiger partial charge in [-0.3, -0.25) is 14.9 Å². The summed E-state index contributed by atoms with van der Waals surface area (Å²) < 4.78 is 0. The SMILES string of the molecule is CCCC(CC(=O)O)Nc1ncc([N+](=O)[O-])cc1C. The van der Waals surface area contributed by atoms with Gasteiger partial charge >= 0.3 is 5.97 Å². The lowest BCUT2D eigenvalue weighted by molar-refractivity contribution is -0.385. The number of rotatable bonds is 7. The number of hydrogen-bond donors (Lipinski definition) is 2. The molecule has 0 aliphatic rings. The van der Waals surface area contributed by atoms with Crippen molar-refractivity contribution in [3.63, 3.8) is 0 Å². The molecule has 0 amide bonds. The van der Waals surface area contributed by atoms with E-state index in [4.69, 9.17) is 5.11 Å². The molecule has 1 heterocycles. The third-order valence-electron chi connectivity index (χ3n) is 2.67. The van der Waals surface area contributed by atoms with Crippen LogP contribution in [-0.4, -0.2) is 27.0 Å². The first-order valence-electron chi connectivity index (χ1n) is 6.03. The van der Waals surface area contributed by atoms with Crippen molar-refractivity contribution in [2.75, 3.05) is 5.32 Å². The van der Waals surface area contributed by atoms with Crippen LogP contribution in [0.4, 0.5) is 11.5 Å². The summed E-state index contributed by atoms with van der Waals surface area (Å²) in [6, 6.07) is 1.19. The number of hydrogen-bond acceptors (Lipinski definition) is 5. The normalized spacial score (nSPS) is 11.9. The van der Waals surface area contributed by atoms with Crippen molar-refractivity contribution in [1.82, 2.24) is 4.98 Å². The van der Waals surface area contributed by atoms with Gasteiger partial charge in [-0.1, -0.05) is 13.3 Å². The van der Waals surface area contributed by atoms with E-state index in [1.807, 2.05) is 6.92 Å². The Morgan fingerprint density at radius 3 is 2.79 bits per heavy atom. The lowest BCUT2D eigenvalue weighted by Crippen LogP contribution is -2.24. The van der Waals surface area contributed by atoms with Crippen molar-refractivity contribution in [1.29, 1.82) is 0 Å². The Bertz CT molecular complexity index is 476. The summed E-state index contributed by atoms with van der Waals surface area (Å²) in [5.41, 5.74) is 0.550. The number of carboxylic acids is 1. The summed E-state index contributed by atoms with van der Waals surface area (Å²) in [4.78, 5) is 24.8. The van der Waals surface area contributed by atoms with E-state index in [2.05, 4.69) is 10.3 Å². The van der Waals surface area contributed by atoms with Crippen LogP contribution in [-0.2, 0) is 4.79 Å². The van der Waals surface area contributed by atoms with Crippen LogP contribution >= 0.6 is 0 Å². The third kappa shape index (κ3) is 4.53. The van der Waals surface area contributed by atoms with Crippen molar-refractivity contribution in [3.05, 3.63) is 27.9 Å². The summed E-state index contributed by atoms with van der Waals surface area (Å²) in [6.45, 7) is 3.67. The Morgan fingerprint density at radius 2 is 2.32 bits per heavy atom. The second-order valence-electron chi connectivity index (χ2n) is 4.34. The van der Waals surface area contributed by atoms with Crippen LogP contribution in [0.15, 0.2) is 12.3 Å². The highest BCUT2D eigenvalue weighted by Crippen LogP contribution is 2.20. The molecular weight excluding hydrogens is 250 g/mol. The van der Waals surface area contributed by atoms with Gasteiger partial charge in [0.15, 0.2) is 0 Å². The molecule has 0 spiro atoms. The van der Waals surface area contributed by atoms with Crippen LogP contribution in [0.25, 0.3) is 0 Å². The summed E-state index contributed by atoms with van der Waals surface area (Å²) >= 11 is 0. The molecule has 0 aromatic carbocycles. The van der Waals surface area contributed by atoms with Gasteiger partial charge in [0.2, 0.25) is 0 Å². The van der Waals surface area contributed by atoms with Crippen LogP contribution in [0, 0.1) is 17.0 Å². The molecule has 0 saturated carbocycles. The zero-order valence-electron chi connectivity index (χ0n) is 10.9. The maximum Gasteiger partial charge on any atom is 0.305 e. The number of aryl methyl sites for hydroxylation is 1. The van der Waals surface area contributed by atoms with E-state index >= 15 is 0 Å². The highest BCUT2D eigenvalue weighted by Gasteiger charge is 2.15. The molecule has 0 fully saturated rings. The number of aliphatic carboxylic acids is 1. The largest absolute Gasteiger partial charge is 0.481 e. The lowest BCUT2D eigenvalue weighted by atomic mass is 10.1. The number of anilines is 1. The second kappa shape index (κ2) is 6.67. The summed E-state index contributed by atoms with van der Waals surface area (Å²) in [5, 5.41) is 22.5. The van der Waals surface area contributed by atoms with Gasteiger partial charge < -0.3 is 10.4 Å². The van der Waals surface area contributed by atoms with Gasteiger partial charge in [0.25, 0.3) is 5.69 Å². The number of aromatic nitrogens is 1. The fraction of sp³-hybridized carbons (Fsp3) is 0.500. The number of pyridine rings is 1. The standard InChI is InChI=1S/C12H17N3O4/c1-3-4-9(6-11(16)17)14-12-8(2)5-10(7-13-12)15(18)19/h5,7,9H,3-4,6H2,1-2H3,(H,13,14)(H,16,17). The Hall–Kier alpha value is -2.18. The van der Waals surface area contributed by atoms with Gasteiger partial charge in [0.1, 0.15) is 12.0 Å². The highest BCUT2D eigenvalue weighted by atomic mass is 16.6. The molecule has 1 rings (SSSR count). The Labute approximate surface area is 110 Å². The Morgan fingerprint density at radius 1 is 1.63 bits per heavy atom. The predicted molar refractivity (Wildman–Crippen MR) is 70.2 cm³/mol. The Kier molecular flexibility index (Phi) is 5.23. The molecule has 0 aliphatic carbocycles. The van der Waals surface area contributed by atoms with E-state index in [0.29, 0.717) is 17.8 Å². The topological polar surface area (TPSA) is 105 Å². The molecule has 7 nitrogen and oxygen atoms in total. The number of carboxylic acid groups (broad SMARTS) is 1. The molecule has 1 unspecified atom stereocenters. The zero-order chi connectivity index (χ0) is 14.4. The molecule has 104 valence electrons. The van der Waals surface area contributed by atoms with Crippen molar-refractivity contribution in [3.8, 4) is 0 Å². The maximum atomic E-state index is 10.8. The molecule has 0 aliphatic heterocycles.